The van der Waals surface area contributed by atoms with Crippen LogP contribution >= 0.6 is 11.6 Å². The van der Waals surface area contributed by atoms with Crippen LogP contribution in [0.25, 0.3) is 5.65 Å². The van der Waals surface area contributed by atoms with Gasteiger partial charge >= 0.3 is 0 Å². The molecule has 0 spiro atoms. The summed E-state index contributed by atoms with van der Waals surface area (Å²) in [6.07, 6.45) is 5.30. The third-order valence-corrected chi connectivity index (χ3v) is 3.05. The average molecular weight is 274 g/mol. The molecule has 0 bridgehead atoms. The van der Waals surface area contributed by atoms with Gasteiger partial charge in [0.1, 0.15) is 0 Å². The Labute approximate surface area is 115 Å². The fraction of sp³-hybridized carbons (Fsp3) is 0.154. The van der Waals surface area contributed by atoms with Gasteiger partial charge in [-0.15, -0.1) is 5.10 Å². The van der Waals surface area contributed by atoms with Crippen LogP contribution in [0, 0.1) is 0 Å². The van der Waals surface area contributed by atoms with Crippen LogP contribution in [-0.2, 0) is 0 Å². The Bertz CT molecular complexity index is 695. The molecule has 0 aliphatic rings. The van der Waals surface area contributed by atoms with Gasteiger partial charge < -0.3 is 5.32 Å². The standard InChI is InChI=1S/C13H12ClN5/c1-9(10-3-2-6-15-7-10)16-13-17-12-5-4-11(14)8-19(12)18-13/h2-9H,1H3,(H,16,18). The van der Waals surface area contributed by atoms with Gasteiger partial charge in [0.15, 0.2) is 5.65 Å². The van der Waals surface area contributed by atoms with Crippen LogP contribution in [0.5, 0.6) is 0 Å². The zero-order valence-electron chi connectivity index (χ0n) is 10.3. The molecule has 96 valence electrons. The predicted octanol–water partition coefficient (Wildman–Crippen LogP) is 2.95. The van der Waals surface area contributed by atoms with Crippen LogP contribution in [0.2, 0.25) is 5.02 Å². The summed E-state index contributed by atoms with van der Waals surface area (Å²) in [4.78, 5) is 8.48. The van der Waals surface area contributed by atoms with E-state index in [0.717, 1.165) is 11.2 Å². The van der Waals surface area contributed by atoms with Crippen LogP contribution in [0.15, 0.2) is 42.9 Å². The van der Waals surface area contributed by atoms with Crippen molar-refractivity contribution in [3.8, 4) is 0 Å². The topological polar surface area (TPSA) is 55.1 Å². The monoisotopic (exact) mass is 273 g/mol. The third kappa shape index (κ3) is 2.51. The molecule has 0 saturated heterocycles. The Balaban J connectivity index is 1.85. The highest BCUT2D eigenvalue weighted by Gasteiger charge is 2.09. The van der Waals surface area contributed by atoms with Crippen molar-refractivity contribution < 1.29 is 0 Å². The molecule has 0 aliphatic heterocycles. The first-order chi connectivity index (χ1) is 9.22. The van der Waals surface area contributed by atoms with E-state index in [2.05, 4.69) is 20.4 Å². The number of nitrogens with zero attached hydrogens (tertiary/aromatic N) is 4. The molecular weight excluding hydrogens is 262 g/mol. The molecule has 3 rings (SSSR count). The largest absolute Gasteiger partial charge is 0.346 e. The van der Waals surface area contributed by atoms with Crippen LogP contribution < -0.4 is 5.32 Å². The van der Waals surface area contributed by atoms with E-state index in [1.807, 2.05) is 31.3 Å². The Kier molecular flexibility index (Phi) is 3.05. The summed E-state index contributed by atoms with van der Waals surface area (Å²) in [5.74, 6) is 0.568. The summed E-state index contributed by atoms with van der Waals surface area (Å²) in [5.41, 5.74) is 1.84. The van der Waals surface area contributed by atoms with E-state index in [1.54, 1.807) is 23.0 Å². The molecule has 1 atom stereocenters. The predicted molar refractivity (Wildman–Crippen MR) is 74.3 cm³/mol. The maximum absolute atomic E-state index is 5.91. The molecule has 0 aromatic carbocycles. The van der Waals surface area contributed by atoms with Crippen molar-refractivity contribution in [2.24, 2.45) is 0 Å². The van der Waals surface area contributed by atoms with Crippen molar-refractivity contribution in [3.63, 3.8) is 0 Å². The summed E-state index contributed by atoms with van der Waals surface area (Å²) in [5, 5.41) is 8.20. The van der Waals surface area contributed by atoms with E-state index in [1.165, 1.54) is 0 Å². The number of hydrogen-bond acceptors (Lipinski definition) is 4. The summed E-state index contributed by atoms with van der Waals surface area (Å²) >= 11 is 5.91. The van der Waals surface area contributed by atoms with Gasteiger partial charge in [-0.2, -0.15) is 4.98 Å². The average Bonchev–Trinajstić information content (AvgIpc) is 2.81. The fourth-order valence-corrected chi connectivity index (χ4v) is 1.98. The highest BCUT2D eigenvalue weighted by molar-refractivity contribution is 6.30. The molecule has 0 amide bonds. The lowest BCUT2D eigenvalue weighted by Gasteiger charge is -2.11. The summed E-state index contributed by atoms with van der Waals surface area (Å²) in [6, 6.07) is 7.62. The number of fused-ring (bicyclic) bond motifs is 1. The summed E-state index contributed by atoms with van der Waals surface area (Å²) in [6.45, 7) is 2.04. The number of anilines is 1. The molecule has 0 radical (unpaired) electrons. The molecule has 3 aromatic rings. The summed E-state index contributed by atoms with van der Waals surface area (Å²) in [7, 11) is 0. The first-order valence-electron chi connectivity index (χ1n) is 5.91. The van der Waals surface area contributed by atoms with E-state index in [9.17, 15) is 0 Å². The lowest BCUT2D eigenvalue weighted by Crippen LogP contribution is -2.08. The first-order valence-corrected chi connectivity index (χ1v) is 6.28. The molecule has 1 N–H and O–H groups in total. The van der Waals surface area contributed by atoms with E-state index >= 15 is 0 Å². The number of nitrogens with one attached hydrogen (secondary N) is 1. The zero-order valence-corrected chi connectivity index (χ0v) is 11.0. The van der Waals surface area contributed by atoms with Crippen LogP contribution in [0.4, 0.5) is 5.95 Å². The van der Waals surface area contributed by atoms with Crippen molar-refractivity contribution >= 4 is 23.2 Å². The Morgan fingerprint density at radius 1 is 1.32 bits per heavy atom. The molecule has 0 fully saturated rings. The number of hydrogen-bond donors (Lipinski definition) is 1. The number of rotatable bonds is 3. The lowest BCUT2D eigenvalue weighted by molar-refractivity contribution is 0.846. The van der Waals surface area contributed by atoms with Crippen LogP contribution in [0.1, 0.15) is 18.5 Å². The van der Waals surface area contributed by atoms with Gasteiger partial charge in [-0.05, 0) is 30.7 Å². The number of aromatic nitrogens is 4. The van der Waals surface area contributed by atoms with Gasteiger partial charge in [-0.3, -0.25) is 4.98 Å². The molecule has 0 aliphatic carbocycles. The van der Waals surface area contributed by atoms with Crippen molar-refractivity contribution in [2.45, 2.75) is 13.0 Å². The molecule has 6 heteroatoms. The van der Waals surface area contributed by atoms with Gasteiger partial charge in [-0.25, -0.2) is 4.52 Å². The SMILES string of the molecule is CC(Nc1nc2ccc(Cl)cn2n1)c1cccnc1. The van der Waals surface area contributed by atoms with Gasteiger partial charge in [-0.1, -0.05) is 17.7 Å². The van der Waals surface area contributed by atoms with E-state index in [-0.39, 0.29) is 6.04 Å². The number of pyridine rings is 2. The third-order valence-electron chi connectivity index (χ3n) is 2.82. The second-order valence-corrected chi connectivity index (χ2v) is 4.67. The lowest BCUT2D eigenvalue weighted by atomic mass is 10.1. The van der Waals surface area contributed by atoms with Crippen molar-refractivity contribution in [2.75, 3.05) is 5.32 Å². The zero-order chi connectivity index (χ0) is 13.2. The smallest absolute Gasteiger partial charge is 0.243 e. The van der Waals surface area contributed by atoms with Crippen LogP contribution in [0.3, 0.4) is 0 Å². The van der Waals surface area contributed by atoms with Gasteiger partial charge in [0.2, 0.25) is 5.95 Å². The van der Waals surface area contributed by atoms with Crippen LogP contribution in [-0.4, -0.2) is 19.6 Å². The Morgan fingerprint density at radius 2 is 2.21 bits per heavy atom. The second-order valence-electron chi connectivity index (χ2n) is 4.24. The van der Waals surface area contributed by atoms with Crippen molar-refractivity contribution in [1.29, 1.82) is 0 Å². The highest BCUT2D eigenvalue weighted by atomic mass is 35.5. The molecular formula is C13H12ClN5. The minimum atomic E-state index is 0.0848. The van der Waals surface area contributed by atoms with Gasteiger partial charge in [0.05, 0.1) is 11.1 Å². The van der Waals surface area contributed by atoms with E-state index in [0.29, 0.717) is 11.0 Å². The maximum Gasteiger partial charge on any atom is 0.243 e. The minimum absolute atomic E-state index is 0.0848. The van der Waals surface area contributed by atoms with Crippen molar-refractivity contribution in [1.82, 2.24) is 19.6 Å². The normalized spacial score (nSPS) is 12.5. The van der Waals surface area contributed by atoms with Crippen molar-refractivity contribution in [3.05, 3.63) is 53.4 Å². The molecule has 19 heavy (non-hydrogen) atoms. The Morgan fingerprint density at radius 3 is 3.00 bits per heavy atom. The fourth-order valence-electron chi connectivity index (χ4n) is 1.83. The van der Waals surface area contributed by atoms with E-state index in [4.69, 9.17) is 11.6 Å². The maximum atomic E-state index is 5.91. The first kappa shape index (κ1) is 11.9. The minimum Gasteiger partial charge on any atom is -0.346 e. The molecule has 1 unspecified atom stereocenters. The van der Waals surface area contributed by atoms with Gasteiger partial charge in [0, 0.05) is 18.6 Å². The highest BCUT2D eigenvalue weighted by Crippen LogP contribution is 2.17. The molecule has 5 nitrogen and oxygen atoms in total. The van der Waals surface area contributed by atoms with Gasteiger partial charge in [0.25, 0.3) is 0 Å². The van der Waals surface area contributed by atoms with E-state index < -0.39 is 0 Å². The molecule has 3 aromatic heterocycles. The quantitative estimate of drug-likeness (QED) is 0.797. The second kappa shape index (κ2) is 4.85. The summed E-state index contributed by atoms with van der Waals surface area (Å²) < 4.78 is 1.65. The number of halogens is 1. The Hall–Kier alpha value is -2.14. The molecule has 0 saturated carbocycles. The molecule has 3 heterocycles.